The first-order valence-electron chi connectivity index (χ1n) is 6.85. The predicted molar refractivity (Wildman–Crippen MR) is 91.4 cm³/mol. The van der Waals surface area contributed by atoms with Crippen LogP contribution in [0.25, 0.3) is 0 Å². The lowest BCUT2D eigenvalue weighted by atomic mass is 10.2. The maximum absolute atomic E-state index is 12.8. The molecule has 0 aromatic heterocycles. The first-order valence-corrected chi connectivity index (χ1v) is 8.11. The zero-order chi connectivity index (χ0) is 18.2. The van der Waals surface area contributed by atoms with Gasteiger partial charge in [0.05, 0.1) is 23.6 Å². The summed E-state index contributed by atoms with van der Waals surface area (Å²) in [6.45, 7) is 2.02. The molecule has 0 saturated heterocycles. The monoisotopic (exact) mass is 380 g/mol. The van der Waals surface area contributed by atoms with Crippen LogP contribution in [-0.4, -0.2) is 24.8 Å². The molecule has 4 nitrogen and oxygen atoms in total. The second kappa shape index (κ2) is 9.58. The van der Waals surface area contributed by atoms with Gasteiger partial charge in [-0.2, -0.15) is 13.2 Å². The van der Waals surface area contributed by atoms with Crippen LogP contribution in [0.4, 0.5) is 18.9 Å². The van der Waals surface area contributed by atoms with E-state index in [1.165, 1.54) is 19.2 Å². The minimum absolute atomic E-state index is 0.108. The molecule has 0 aliphatic heterocycles. The highest BCUT2D eigenvalue weighted by atomic mass is 35.5. The lowest BCUT2D eigenvalue weighted by Gasteiger charge is -2.12. The van der Waals surface area contributed by atoms with E-state index in [9.17, 15) is 18.0 Å². The number of rotatable bonds is 5. The summed E-state index contributed by atoms with van der Waals surface area (Å²) < 4.78 is 43.3. The number of thioether (sulfide) groups is 1. The van der Waals surface area contributed by atoms with Crippen molar-refractivity contribution in [2.45, 2.75) is 19.5 Å². The zero-order valence-electron chi connectivity index (χ0n) is 13.0. The fourth-order valence-electron chi connectivity index (χ4n) is 1.56. The second-order valence-electron chi connectivity index (χ2n) is 4.34. The molecule has 132 valence electrons. The van der Waals surface area contributed by atoms with Gasteiger partial charge in [0, 0.05) is 12.7 Å². The standard InChI is InChI=1S/C15H16ClF3N2O2S/c1-3-23-13(22)5-4-8-24-14(20-2)21-10-6-7-12(16)11(9-10)15(17,18)19/h4,6-9H,3,5H2,1-2H3,(H,20,21)/b8-4+. The Hall–Kier alpha value is -1.67. The van der Waals surface area contributed by atoms with Gasteiger partial charge < -0.3 is 10.1 Å². The Morgan fingerprint density at radius 3 is 2.75 bits per heavy atom. The molecular weight excluding hydrogens is 365 g/mol. The van der Waals surface area contributed by atoms with Crippen molar-refractivity contribution in [1.29, 1.82) is 0 Å². The van der Waals surface area contributed by atoms with Gasteiger partial charge in [-0.1, -0.05) is 29.4 Å². The summed E-state index contributed by atoms with van der Waals surface area (Å²) >= 11 is 6.70. The summed E-state index contributed by atoms with van der Waals surface area (Å²) in [7, 11) is 1.50. The summed E-state index contributed by atoms with van der Waals surface area (Å²) in [4.78, 5) is 15.1. The summed E-state index contributed by atoms with van der Waals surface area (Å²) in [5.41, 5.74) is -0.717. The Labute approximate surface area is 147 Å². The largest absolute Gasteiger partial charge is 0.466 e. The molecule has 0 aliphatic rings. The number of halogens is 4. The number of alkyl halides is 3. The number of esters is 1. The van der Waals surface area contributed by atoms with Crippen molar-refractivity contribution < 1.29 is 22.7 Å². The number of amidine groups is 1. The Morgan fingerprint density at radius 2 is 2.17 bits per heavy atom. The van der Waals surface area contributed by atoms with Crippen LogP contribution in [0, 0.1) is 0 Å². The van der Waals surface area contributed by atoms with Gasteiger partial charge in [-0.3, -0.25) is 9.79 Å². The van der Waals surface area contributed by atoms with E-state index < -0.39 is 11.7 Å². The molecule has 0 radical (unpaired) electrons. The van der Waals surface area contributed by atoms with E-state index in [0.29, 0.717) is 11.8 Å². The van der Waals surface area contributed by atoms with Gasteiger partial charge in [-0.25, -0.2) is 0 Å². The third-order valence-electron chi connectivity index (χ3n) is 2.59. The average molecular weight is 381 g/mol. The summed E-state index contributed by atoms with van der Waals surface area (Å²) in [5, 5.41) is 4.37. The number of nitrogens with zero attached hydrogens (tertiary/aromatic N) is 1. The maximum atomic E-state index is 12.8. The summed E-state index contributed by atoms with van der Waals surface area (Å²) in [6, 6.07) is 3.50. The second-order valence-corrected chi connectivity index (χ2v) is 5.65. The van der Waals surface area contributed by atoms with Crippen molar-refractivity contribution in [2.24, 2.45) is 4.99 Å². The lowest BCUT2D eigenvalue weighted by molar-refractivity contribution is -0.142. The Bertz CT molecular complexity index is 634. The van der Waals surface area contributed by atoms with Crippen LogP contribution in [-0.2, 0) is 15.7 Å². The number of aliphatic imine (C=N–C) groups is 1. The zero-order valence-corrected chi connectivity index (χ0v) is 14.6. The van der Waals surface area contributed by atoms with E-state index in [4.69, 9.17) is 16.3 Å². The third kappa shape index (κ3) is 6.84. The van der Waals surface area contributed by atoms with Gasteiger partial charge in [0.15, 0.2) is 5.17 Å². The van der Waals surface area contributed by atoms with Crippen molar-refractivity contribution in [3.8, 4) is 0 Å². The molecule has 0 bridgehead atoms. The molecule has 1 aromatic carbocycles. The molecule has 9 heteroatoms. The average Bonchev–Trinajstić information content (AvgIpc) is 2.51. The Morgan fingerprint density at radius 1 is 1.46 bits per heavy atom. The van der Waals surface area contributed by atoms with E-state index in [-0.39, 0.29) is 23.1 Å². The third-order valence-corrected chi connectivity index (χ3v) is 3.76. The van der Waals surface area contributed by atoms with Crippen LogP contribution in [0.3, 0.4) is 0 Å². The first kappa shape index (κ1) is 20.4. The van der Waals surface area contributed by atoms with Gasteiger partial charge in [0.1, 0.15) is 0 Å². The van der Waals surface area contributed by atoms with Crippen molar-refractivity contribution in [3.05, 3.63) is 40.3 Å². The van der Waals surface area contributed by atoms with Gasteiger partial charge >= 0.3 is 12.1 Å². The van der Waals surface area contributed by atoms with E-state index in [1.807, 2.05) is 0 Å². The molecule has 1 aromatic rings. The highest BCUT2D eigenvalue weighted by Crippen LogP contribution is 2.36. The smallest absolute Gasteiger partial charge is 0.417 e. The Balaban J connectivity index is 2.70. The molecule has 0 spiro atoms. The van der Waals surface area contributed by atoms with Gasteiger partial charge in [-0.05, 0) is 30.5 Å². The number of carbonyl (C=O) groups excluding carboxylic acids is 1. The molecule has 0 unspecified atom stereocenters. The molecule has 0 fully saturated rings. The van der Waals surface area contributed by atoms with Gasteiger partial charge in [0.25, 0.3) is 0 Å². The van der Waals surface area contributed by atoms with Gasteiger partial charge in [0.2, 0.25) is 0 Å². The summed E-state index contributed by atoms with van der Waals surface area (Å²) in [6.07, 6.45) is -2.85. The number of nitrogens with one attached hydrogen (secondary N) is 1. The van der Waals surface area contributed by atoms with Gasteiger partial charge in [-0.15, -0.1) is 0 Å². The van der Waals surface area contributed by atoms with E-state index in [0.717, 1.165) is 17.8 Å². The fourth-order valence-corrected chi connectivity index (χ4v) is 2.39. The lowest BCUT2D eigenvalue weighted by Crippen LogP contribution is -2.10. The van der Waals surface area contributed by atoms with E-state index in [2.05, 4.69) is 10.3 Å². The molecular formula is C15H16ClF3N2O2S. The number of carbonyl (C=O) groups is 1. The molecule has 0 saturated carbocycles. The van der Waals surface area contributed by atoms with Crippen LogP contribution in [0.15, 0.2) is 34.7 Å². The molecule has 24 heavy (non-hydrogen) atoms. The molecule has 0 atom stereocenters. The number of hydrogen-bond acceptors (Lipinski definition) is 4. The van der Waals surface area contributed by atoms with Crippen LogP contribution in [0.1, 0.15) is 18.9 Å². The minimum Gasteiger partial charge on any atom is -0.466 e. The van der Waals surface area contributed by atoms with Crippen molar-refractivity contribution in [3.63, 3.8) is 0 Å². The van der Waals surface area contributed by atoms with Crippen LogP contribution in [0.5, 0.6) is 0 Å². The first-order chi connectivity index (χ1) is 11.3. The fraction of sp³-hybridized carbons (Fsp3) is 0.333. The molecule has 1 N–H and O–H groups in total. The van der Waals surface area contributed by atoms with Crippen molar-refractivity contribution >= 4 is 40.2 Å². The SMILES string of the molecule is CCOC(=O)C/C=C/SC(=NC)Nc1ccc(Cl)c(C(F)(F)F)c1. The molecule has 1 rings (SSSR count). The van der Waals surface area contributed by atoms with Crippen LogP contribution >= 0.6 is 23.4 Å². The number of benzene rings is 1. The molecule has 0 aliphatic carbocycles. The summed E-state index contributed by atoms with van der Waals surface area (Å²) in [5.74, 6) is -0.357. The van der Waals surface area contributed by atoms with Crippen LogP contribution < -0.4 is 5.32 Å². The van der Waals surface area contributed by atoms with Crippen LogP contribution in [0.2, 0.25) is 5.02 Å². The molecule has 0 heterocycles. The predicted octanol–water partition coefficient (Wildman–Crippen LogP) is 4.96. The number of anilines is 1. The highest BCUT2D eigenvalue weighted by Gasteiger charge is 2.33. The number of ether oxygens (including phenoxy) is 1. The minimum atomic E-state index is -4.54. The quantitative estimate of drug-likeness (QED) is 0.446. The maximum Gasteiger partial charge on any atom is 0.417 e. The normalized spacial score (nSPS) is 12.5. The highest BCUT2D eigenvalue weighted by molar-refractivity contribution is 8.16. The van der Waals surface area contributed by atoms with E-state index in [1.54, 1.807) is 18.4 Å². The Kier molecular flexibility index (Phi) is 8.14. The number of hydrogen-bond donors (Lipinski definition) is 1. The topological polar surface area (TPSA) is 50.7 Å². The van der Waals surface area contributed by atoms with Crippen molar-refractivity contribution in [1.82, 2.24) is 0 Å². The van der Waals surface area contributed by atoms with E-state index >= 15 is 0 Å². The van der Waals surface area contributed by atoms with Crippen molar-refractivity contribution in [2.75, 3.05) is 19.0 Å². The molecule has 0 amide bonds.